The van der Waals surface area contributed by atoms with Crippen LogP contribution in [0.2, 0.25) is 0 Å². The Hall–Kier alpha value is -3.15. The molecule has 6 nitrogen and oxygen atoms in total. The number of carbonyl (C=O) groups excluding carboxylic acids is 3. The van der Waals surface area contributed by atoms with Crippen molar-refractivity contribution >= 4 is 17.8 Å². The van der Waals surface area contributed by atoms with E-state index in [1.54, 1.807) is 0 Å². The van der Waals surface area contributed by atoms with E-state index < -0.39 is 24.1 Å². The molecule has 159 valence electrons. The van der Waals surface area contributed by atoms with Crippen molar-refractivity contribution in [3.05, 3.63) is 78.7 Å². The van der Waals surface area contributed by atoms with E-state index in [1.807, 2.05) is 74.5 Å². The molecule has 2 amide bonds. The molecule has 1 radical (unpaired) electrons. The van der Waals surface area contributed by atoms with Gasteiger partial charge in [-0.2, -0.15) is 0 Å². The zero-order valence-corrected chi connectivity index (χ0v) is 17.5. The SMILES string of the molecule is [CH2]C(=O)[C@H](Cc1ccccc1)NC(=O)[C@H](CC(C)C)NC(=O)OCc1ccccc1. The number of rotatable bonds is 10. The maximum atomic E-state index is 12.8. The van der Waals surface area contributed by atoms with Crippen molar-refractivity contribution in [2.75, 3.05) is 0 Å². The van der Waals surface area contributed by atoms with Gasteiger partial charge < -0.3 is 15.4 Å². The molecule has 0 spiro atoms. The number of alkyl carbamates (subject to hydrolysis) is 1. The van der Waals surface area contributed by atoms with Crippen molar-refractivity contribution in [3.8, 4) is 0 Å². The van der Waals surface area contributed by atoms with E-state index >= 15 is 0 Å². The molecule has 6 heteroatoms. The summed E-state index contributed by atoms with van der Waals surface area (Å²) in [6.45, 7) is 7.47. The molecule has 0 aliphatic carbocycles. The minimum Gasteiger partial charge on any atom is -0.445 e. The zero-order valence-electron chi connectivity index (χ0n) is 17.5. The van der Waals surface area contributed by atoms with Gasteiger partial charge in [0.2, 0.25) is 5.91 Å². The summed E-state index contributed by atoms with van der Waals surface area (Å²) in [6, 6.07) is 17.1. The fourth-order valence-electron chi connectivity index (χ4n) is 2.98. The molecule has 0 saturated carbocycles. The second-order valence-corrected chi connectivity index (χ2v) is 7.61. The molecule has 2 aromatic carbocycles. The Morgan fingerprint density at radius 1 is 0.867 bits per heavy atom. The van der Waals surface area contributed by atoms with E-state index in [0.29, 0.717) is 12.8 Å². The Bertz CT molecular complexity index is 822. The Kier molecular flexibility index (Phi) is 9.06. The van der Waals surface area contributed by atoms with E-state index in [1.165, 1.54) is 0 Å². The van der Waals surface area contributed by atoms with Crippen LogP contribution in [0.4, 0.5) is 4.79 Å². The van der Waals surface area contributed by atoms with Gasteiger partial charge in [0.25, 0.3) is 0 Å². The second kappa shape index (κ2) is 11.8. The summed E-state index contributed by atoms with van der Waals surface area (Å²) in [5, 5.41) is 5.35. The van der Waals surface area contributed by atoms with E-state index in [2.05, 4.69) is 17.6 Å². The molecule has 0 saturated heterocycles. The standard InChI is InChI=1S/C24H29N2O4/c1-17(2)14-22(26-24(29)30-16-20-12-8-5-9-13-20)23(28)25-21(18(3)27)15-19-10-6-4-7-11-19/h4-13,17,21-22H,3,14-16H2,1-2H3,(H,25,28)(H,26,29)/t21-,22-/m0/s1. The fraction of sp³-hybridized carbons (Fsp3) is 0.333. The van der Waals surface area contributed by atoms with Gasteiger partial charge in [0.15, 0.2) is 5.78 Å². The highest BCUT2D eigenvalue weighted by atomic mass is 16.5. The van der Waals surface area contributed by atoms with E-state index in [0.717, 1.165) is 11.1 Å². The molecule has 0 aliphatic rings. The molecule has 2 rings (SSSR count). The summed E-state index contributed by atoms with van der Waals surface area (Å²) < 4.78 is 5.23. The third-order valence-corrected chi connectivity index (χ3v) is 4.52. The average Bonchev–Trinajstić information content (AvgIpc) is 2.72. The monoisotopic (exact) mass is 409 g/mol. The van der Waals surface area contributed by atoms with Crippen molar-refractivity contribution in [1.29, 1.82) is 0 Å². The highest BCUT2D eigenvalue weighted by Gasteiger charge is 2.26. The van der Waals surface area contributed by atoms with Crippen LogP contribution < -0.4 is 10.6 Å². The zero-order chi connectivity index (χ0) is 21.9. The maximum Gasteiger partial charge on any atom is 0.408 e. The molecule has 0 bridgehead atoms. The lowest BCUT2D eigenvalue weighted by Crippen LogP contribution is -2.52. The van der Waals surface area contributed by atoms with Gasteiger partial charge in [-0.3, -0.25) is 9.59 Å². The molecular weight excluding hydrogens is 380 g/mol. The Labute approximate surface area is 178 Å². The first kappa shape index (κ1) is 23.1. The summed E-state index contributed by atoms with van der Waals surface area (Å²) >= 11 is 0. The lowest BCUT2D eigenvalue weighted by atomic mass is 10.00. The summed E-state index contributed by atoms with van der Waals surface area (Å²) in [6.07, 6.45) is 0.0671. The molecular formula is C24H29N2O4. The number of hydrogen-bond acceptors (Lipinski definition) is 4. The van der Waals surface area contributed by atoms with Gasteiger partial charge in [-0.1, -0.05) is 74.5 Å². The number of amides is 2. The first-order valence-corrected chi connectivity index (χ1v) is 10.0. The highest BCUT2D eigenvalue weighted by Crippen LogP contribution is 2.09. The van der Waals surface area contributed by atoms with Gasteiger partial charge >= 0.3 is 6.09 Å². The molecule has 0 fully saturated rings. The fourth-order valence-corrected chi connectivity index (χ4v) is 2.98. The largest absolute Gasteiger partial charge is 0.445 e. The van der Waals surface area contributed by atoms with Crippen LogP contribution in [0.5, 0.6) is 0 Å². The quantitative estimate of drug-likeness (QED) is 0.629. The average molecular weight is 410 g/mol. The van der Waals surface area contributed by atoms with Crippen LogP contribution in [0.25, 0.3) is 0 Å². The van der Waals surface area contributed by atoms with Crippen LogP contribution in [0.3, 0.4) is 0 Å². The first-order chi connectivity index (χ1) is 14.3. The molecule has 0 unspecified atom stereocenters. The topological polar surface area (TPSA) is 84.5 Å². The van der Waals surface area contributed by atoms with Crippen LogP contribution >= 0.6 is 0 Å². The first-order valence-electron chi connectivity index (χ1n) is 10.0. The predicted molar refractivity (Wildman–Crippen MR) is 115 cm³/mol. The summed E-state index contributed by atoms with van der Waals surface area (Å²) in [4.78, 5) is 37.0. The third-order valence-electron chi connectivity index (χ3n) is 4.52. The van der Waals surface area contributed by atoms with Gasteiger partial charge in [0, 0.05) is 6.92 Å². The van der Waals surface area contributed by atoms with Crippen LogP contribution in [-0.2, 0) is 27.4 Å². The number of ketones is 1. The number of ether oxygens (including phenoxy) is 1. The number of carbonyl (C=O) groups is 3. The van der Waals surface area contributed by atoms with Crippen molar-refractivity contribution < 1.29 is 19.1 Å². The van der Waals surface area contributed by atoms with E-state index in [4.69, 9.17) is 4.74 Å². The van der Waals surface area contributed by atoms with Crippen molar-refractivity contribution in [3.63, 3.8) is 0 Å². The molecule has 30 heavy (non-hydrogen) atoms. The van der Waals surface area contributed by atoms with Crippen LogP contribution in [0.15, 0.2) is 60.7 Å². The Morgan fingerprint density at radius 2 is 1.43 bits per heavy atom. The number of hydrogen-bond donors (Lipinski definition) is 2. The normalized spacial score (nSPS) is 12.7. The molecule has 2 N–H and O–H groups in total. The molecule has 2 aromatic rings. The highest BCUT2D eigenvalue weighted by molar-refractivity contribution is 5.94. The third kappa shape index (κ3) is 8.07. The Balaban J connectivity index is 1.98. The summed E-state index contributed by atoms with van der Waals surface area (Å²) in [7, 11) is 0. The van der Waals surface area contributed by atoms with Gasteiger partial charge in [0.05, 0.1) is 6.04 Å². The summed E-state index contributed by atoms with van der Waals surface area (Å²) in [5.74, 6) is -0.668. The van der Waals surface area contributed by atoms with Gasteiger partial charge in [0.1, 0.15) is 12.6 Å². The van der Waals surface area contributed by atoms with Gasteiger partial charge in [-0.15, -0.1) is 0 Å². The predicted octanol–water partition coefficient (Wildman–Crippen LogP) is 3.46. The van der Waals surface area contributed by atoms with Crippen LogP contribution in [0, 0.1) is 12.8 Å². The van der Waals surface area contributed by atoms with Gasteiger partial charge in [-0.25, -0.2) is 4.79 Å². The molecule has 0 aromatic heterocycles. The molecule has 0 aliphatic heterocycles. The Morgan fingerprint density at radius 3 is 1.97 bits per heavy atom. The van der Waals surface area contributed by atoms with E-state index in [9.17, 15) is 14.4 Å². The van der Waals surface area contributed by atoms with E-state index in [-0.39, 0.29) is 18.3 Å². The maximum absolute atomic E-state index is 12.8. The van der Waals surface area contributed by atoms with Gasteiger partial charge in [-0.05, 0) is 29.9 Å². The lowest BCUT2D eigenvalue weighted by molar-refractivity contribution is -0.127. The van der Waals surface area contributed by atoms with Crippen LogP contribution in [0.1, 0.15) is 31.4 Å². The smallest absolute Gasteiger partial charge is 0.408 e. The molecule has 0 heterocycles. The molecule has 2 atom stereocenters. The minimum atomic E-state index is -0.814. The van der Waals surface area contributed by atoms with Crippen molar-refractivity contribution in [2.24, 2.45) is 5.92 Å². The summed E-state index contributed by atoms with van der Waals surface area (Å²) in [5.41, 5.74) is 1.76. The lowest BCUT2D eigenvalue weighted by Gasteiger charge is -2.23. The minimum absolute atomic E-state index is 0.108. The second-order valence-electron chi connectivity index (χ2n) is 7.61. The number of Topliss-reactive ketones (excluding diaryl/α,β-unsaturated/α-hetero) is 1. The van der Waals surface area contributed by atoms with Crippen LogP contribution in [-0.4, -0.2) is 29.9 Å². The van der Waals surface area contributed by atoms with Crippen molar-refractivity contribution in [1.82, 2.24) is 10.6 Å². The number of benzene rings is 2. The number of nitrogens with one attached hydrogen (secondary N) is 2. The van der Waals surface area contributed by atoms with Crippen molar-refractivity contribution in [2.45, 2.75) is 45.4 Å².